The zero-order valence-corrected chi connectivity index (χ0v) is 16.8. The zero-order chi connectivity index (χ0) is 20.4. The molecule has 2 aromatic rings. The first-order valence-electron chi connectivity index (χ1n) is 9.08. The normalized spacial score (nSPS) is 10.6. The molecule has 0 fully saturated rings. The Morgan fingerprint density at radius 1 is 1.11 bits per heavy atom. The molecule has 1 N–H and O–H groups in total. The van der Waals surface area contributed by atoms with Crippen LogP contribution in [0.1, 0.15) is 18.7 Å². The molecule has 148 valence electrons. The zero-order valence-electron chi connectivity index (χ0n) is 16.0. The molecule has 0 aliphatic carbocycles. The highest BCUT2D eigenvalue weighted by molar-refractivity contribution is 7.16. The first-order valence-corrected chi connectivity index (χ1v) is 9.89. The molecule has 6 nitrogen and oxygen atoms in total. The van der Waals surface area contributed by atoms with Gasteiger partial charge in [0.2, 0.25) is 5.91 Å². The molecular weight excluding hydrogens is 376 g/mol. The fourth-order valence-corrected chi connectivity index (χ4v) is 3.34. The summed E-state index contributed by atoms with van der Waals surface area (Å²) in [4.78, 5) is 38.9. The van der Waals surface area contributed by atoms with E-state index in [-0.39, 0.29) is 12.5 Å². The highest BCUT2D eigenvalue weighted by Gasteiger charge is 2.16. The molecule has 1 heterocycles. The third-order valence-electron chi connectivity index (χ3n) is 3.85. The lowest BCUT2D eigenvalue weighted by atomic mass is 10.2. The molecule has 1 aromatic carbocycles. The third kappa shape index (κ3) is 6.66. The SMILES string of the molecule is CCNC(=O)CN(CC)C(=O)COC(=O)/C=C/c1ccc(-c2ccccc2)s1. The van der Waals surface area contributed by atoms with Gasteiger partial charge < -0.3 is 15.0 Å². The van der Waals surface area contributed by atoms with Gasteiger partial charge in [-0.1, -0.05) is 30.3 Å². The van der Waals surface area contributed by atoms with Crippen molar-refractivity contribution in [3.05, 3.63) is 53.4 Å². The van der Waals surface area contributed by atoms with E-state index < -0.39 is 18.5 Å². The predicted molar refractivity (Wildman–Crippen MR) is 111 cm³/mol. The molecule has 1 aromatic heterocycles. The number of nitrogens with one attached hydrogen (secondary N) is 1. The van der Waals surface area contributed by atoms with Crippen LogP contribution in [0.3, 0.4) is 0 Å². The molecule has 0 spiro atoms. The van der Waals surface area contributed by atoms with Crippen molar-refractivity contribution in [3.63, 3.8) is 0 Å². The third-order valence-corrected chi connectivity index (χ3v) is 4.95. The van der Waals surface area contributed by atoms with E-state index in [1.807, 2.05) is 42.5 Å². The van der Waals surface area contributed by atoms with Crippen LogP contribution in [-0.4, -0.2) is 48.9 Å². The fourth-order valence-electron chi connectivity index (χ4n) is 2.43. The standard InChI is InChI=1S/C21H24N2O4S/c1-3-22-19(24)14-23(4-2)20(25)15-27-21(26)13-11-17-10-12-18(28-17)16-8-6-5-7-9-16/h5-13H,3-4,14-15H2,1-2H3,(H,22,24)/b13-11+. The first-order chi connectivity index (χ1) is 13.5. The van der Waals surface area contributed by atoms with E-state index >= 15 is 0 Å². The molecule has 2 amide bonds. The van der Waals surface area contributed by atoms with Crippen LogP contribution in [0.2, 0.25) is 0 Å². The van der Waals surface area contributed by atoms with E-state index in [9.17, 15) is 14.4 Å². The summed E-state index contributed by atoms with van der Waals surface area (Å²) in [6, 6.07) is 13.9. The maximum atomic E-state index is 12.1. The molecule has 0 unspecified atom stereocenters. The van der Waals surface area contributed by atoms with Gasteiger partial charge in [0.15, 0.2) is 6.61 Å². The number of hydrogen-bond donors (Lipinski definition) is 1. The molecular formula is C21H24N2O4S. The summed E-state index contributed by atoms with van der Waals surface area (Å²) in [7, 11) is 0. The van der Waals surface area contributed by atoms with Crippen molar-refractivity contribution in [1.82, 2.24) is 10.2 Å². The van der Waals surface area contributed by atoms with E-state index in [0.717, 1.165) is 15.3 Å². The minimum atomic E-state index is -0.600. The van der Waals surface area contributed by atoms with Crippen LogP contribution >= 0.6 is 11.3 Å². The van der Waals surface area contributed by atoms with Crippen molar-refractivity contribution in [2.45, 2.75) is 13.8 Å². The number of likely N-dealkylation sites (N-methyl/N-ethyl adjacent to an activating group) is 2. The predicted octanol–water partition coefficient (Wildman–Crippen LogP) is 2.96. The lowest BCUT2D eigenvalue weighted by Gasteiger charge is -2.19. The summed E-state index contributed by atoms with van der Waals surface area (Å²) >= 11 is 1.56. The largest absolute Gasteiger partial charge is 0.452 e. The lowest BCUT2D eigenvalue weighted by Crippen LogP contribution is -2.42. The van der Waals surface area contributed by atoms with Crippen molar-refractivity contribution in [2.24, 2.45) is 0 Å². The van der Waals surface area contributed by atoms with Crippen molar-refractivity contribution in [1.29, 1.82) is 0 Å². The van der Waals surface area contributed by atoms with E-state index in [1.54, 1.807) is 31.3 Å². The number of esters is 1. The van der Waals surface area contributed by atoms with Crippen molar-refractivity contribution < 1.29 is 19.1 Å². The van der Waals surface area contributed by atoms with Crippen molar-refractivity contribution >= 4 is 35.2 Å². The Labute approximate surface area is 168 Å². The van der Waals surface area contributed by atoms with E-state index in [2.05, 4.69) is 5.32 Å². The monoisotopic (exact) mass is 400 g/mol. The molecule has 0 radical (unpaired) electrons. The highest BCUT2D eigenvalue weighted by Crippen LogP contribution is 2.28. The quantitative estimate of drug-likeness (QED) is 0.519. The number of amides is 2. The van der Waals surface area contributed by atoms with Crippen LogP contribution < -0.4 is 5.32 Å². The van der Waals surface area contributed by atoms with Crippen LogP contribution in [0.5, 0.6) is 0 Å². The smallest absolute Gasteiger partial charge is 0.331 e. The first kappa shape index (κ1) is 21.4. The van der Waals surface area contributed by atoms with Crippen LogP contribution in [0.4, 0.5) is 0 Å². The number of carbonyl (C=O) groups excluding carboxylic acids is 3. The summed E-state index contributed by atoms with van der Waals surface area (Å²) in [5.74, 6) is -1.24. The average molecular weight is 401 g/mol. The van der Waals surface area contributed by atoms with Crippen molar-refractivity contribution in [3.8, 4) is 10.4 Å². The van der Waals surface area contributed by atoms with Crippen LogP contribution in [-0.2, 0) is 19.1 Å². The highest BCUT2D eigenvalue weighted by atomic mass is 32.1. The maximum Gasteiger partial charge on any atom is 0.331 e. The molecule has 0 saturated heterocycles. The fraction of sp³-hybridized carbons (Fsp3) is 0.286. The second-order valence-corrected chi connectivity index (χ2v) is 6.99. The summed E-state index contributed by atoms with van der Waals surface area (Å²) in [5.41, 5.74) is 1.12. The van der Waals surface area contributed by atoms with Gasteiger partial charge in [-0.3, -0.25) is 9.59 Å². The summed E-state index contributed by atoms with van der Waals surface area (Å²) in [6.45, 7) is 3.99. The Kier molecular flexibility index (Phi) is 8.42. The summed E-state index contributed by atoms with van der Waals surface area (Å²) < 4.78 is 5.00. The Morgan fingerprint density at radius 3 is 2.54 bits per heavy atom. The van der Waals surface area contributed by atoms with Gasteiger partial charge in [0.1, 0.15) is 0 Å². The summed E-state index contributed by atoms with van der Waals surface area (Å²) in [5, 5.41) is 2.63. The molecule has 0 atom stereocenters. The molecule has 2 rings (SSSR count). The number of benzene rings is 1. The molecule has 7 heteroatoms. The van der Waals surface area contributed by atoms with Crippen LogP contribution in [0, 0.1) is 0 Å². The van der Waals surface area contributed by atoms with Gasteiger partial charge in [0, 0.05) is 28.9 Å². The Bertz CT molecular complexity index is 830. The van der Waals surface area contributed by atoms with Gasteiger partial charge in [-0.25, -0.2) is 4.79 Å². The Balaban J connectivity index is 1.84. The maximum absolute atomic E-state index is 12.1. The number of nitrogens with zero attached hydrogens (tertiary/aromatic N) is 1. The van der Waals surface area contributed by atoms with E-state index in [0.29, 0.717) is 13.1 Å². The van der Waals surface area contributed by atoms with Gasteiger partial charge >= 0.3 is 5.97 Å². The number of rotatable bonds is 9. The minimum Gasteiger partial charge on any atom is -0.452 e. The Hall–Kier alpha value is -2.93. The molecule has 28 heavy (non-hydrogen) atoms. The van der Waals surface area contributed by atoms with Gasteiger partial charge in [-0.05, 0) is 37.6 Å². The van der Waals surface area contributed by atoms with Gasteiger partial charge in [-0.15, -0.1) is 11.3 Å². The molecule has 0 aliphatic heterocycles. The second-order valence-electron chi connectivity index (χ2n) is 5.87. The number of carbonyl (C=O) groups is 3. The molecule has 0 aliphatic rings. The van der Waals surface area contributed by atoms with Crippen molar-refractivity contribution in [2.75, 3.05) is 26.2 Å². The number of ether oxygens (including phenoxy) is 1. The second kappa shape index (κ2) is 11.0. The van der Waals surface area contributed by atoms with E-state index in [4.69, 9.17) is 4.74 Å². The summed E-state index contributed by atoms with van der Waals surface area (Å²) in [6.07, 6.45) is 2.96. The number of thiophene rings is 1. The molecule has 0 bridgehead atoms. The average Bonchev–Trinajstić information content (AvgIpc) is 3.18. The minimum absolute atomic E-state index is 0.0476. The van der Waals surface area contributed by atoms with Gasteiger partial charge in [0.25, 0.3) is 5.91 Å². The van der Waals surface area contributed by atoms with Gasteiger partial charge in [0.05, 0.1) is 6.54 Å². The number of hydrogen-bond acceptors (Lipinski definition) is 5. The van der Waals surface area contributed by atoms with E-state index in [1.165, 1.54) is 11.0 Å². The van der Waals surface area contributed by atoms with Crippen LogP contribution in [0.15, 0.2) is 48.5 Å². The lowest BCUT2D eigenvalue weighted by molar-refractivity contribution is -0.148. The topological polar surface area (TPSA) is 75.7 Å². The molecule has 0 saturated carbocycles. The van der Waals surface area contributed by atoms with Gasteiger partial charge in [-0.2, -0.15) is 0 Å². The Morgan fingerprint density at radius 2 is 1.86 bits per heavy atom. The van der Waals surface area contributed by atoms with Crippen LogP contribution in [0.25, 0.3) is 16.5 Å².